The van der Waals surface area contributed by atoms with E-state index in [2.05, 4.69) is 27.3 Å². The van der Waals surface area contributed by atoms with E-state index in [9.17, 15) is 14.7 Å². The first-order valence-corrected chi connectivity index (χ1v) is 12.0. The van der Waals surface area contributed by atoms with Gasteiger partial charge in [0, 0.05) is 30.9 Å². The summed E-state index contributed by atoms with van der Waals surface area (Å²) in [5, 5.41) is 17.6. The van der Waals surface area contributed by atoms with Crippen LogP contribution < -0.4 is 15.8 Å². The van der Waals surface area contributed by atoms with Crippen molar-refractivity contribution < 1.29 is 28.7 Å². The van der Waals surface area contributed by atoms with Gasteiger partial charge in [-0.2, -0.15) is 0 Å². The highest BCUT2D eigenvalue weighted by atomic mass is 16.5. The second-order valence-electron chi connectivity index (χ2n) is 9.21. The third kappa shape index (κ3) is 4.94. The average molecular weight is 506 g/mol. The molecule has 2 aliphatic rings. The lowest BCUT2D eigenvalue weighted by Gasteiger charge is -2.23. The zero-order valence-electron chi connectivity index (χ0n) is 20.5. The first-order chi connectivity index (χ1) is 17.7. The van der Waals surface area contributed by atoms with Gasteiger partial charge in [0.15, 0.2) is 11.3 Å². The molecule has 0 radical (unpaired) electrons. The second-order valence-corrected chi connectivity index (χ2v) is 9.21. The molecule has 0 saturated carbocycles. The molecule has 2 aromatic heterocycles. The van der Waals surface area contributed by atoms with Crippen molar-refractivity contribution in [2.75, 3.05) is 19.8 Å². The molecule has 2 aliphatic heterocycles. The number of nitrogens with two attached hydrogens (primary N) is 1. The van der Waals surface area contributed by atoms with Gasteiger partial charge in [-0.1, -0.05) is 17.0 Å². The second kappa shape index (κ2) is 9.72. The average Bonchev–Trinajstić information content (AvgIpc) is 3.44. The van der Waals surface area contributed by atoms with Crippen LogP contribution in [0, 0.1) is 18.8 Å². The molecule has 0 unspecified atom stereocenters. The Kier molecular flexibility index (Phi) is 6.45. The van der Waals surface area contributed by atoms with E-state index in [4.69, 9.17) is 19.7 Å². The number of imidazole rings is 1. The zero-order valence-corrected chi connectivity index (χ0v) is 20.5. The third-order valence-electron chi connectivity index (χ3n) is 6.34. The van der Waals surface area contributed by atoms with Gasteiger partial charge in [0.1, 0.15) is 35.3 Å². The Hall–Kier alpha value is -4.14. The predicted molar refractivity (Wildman–Crippen MR) is 131 cm³/mol. The van der Waals surface area contributed by atoms with Crippen LogP contribution in [0.2, 0.25) is 0 Å². The van der Waals surface area contributed by atoms with Gasteiger partial charge in [0.25, 0.3) is 11.8 Å². The zero-order chi connectivity index (χ0) is 26.2. The quantitative estimate of drug-likeness (QED) is 0.451. The van der Waals surface area contributed by atoms with Crippen LogP contribution in [0.1, 0.15) is 57.8 Å². The van der Waals surface area contributed by atoms with Crippen molar-refractivity contribution >= 4 is 11.8 Å². The number of aryl methyl sites for hydroxylation is 1. The van der Waals surface area contributed by atoms with Gasteiger partial charge in [0.2, 0.25) is 0 Å². The Labute approximate surface area is 212 Å². The van der Waals surface area contributed by atoms with Crippen LogP contribution >= 0.6 is 0 Å². The van der Waals surface area contributed by atoms with Crippen LogP contribution in [-0.4, -0.2) is 57.5 Å². The minimum atomic E-state index is -1.53. The van der Waals surface area contributed by atoms with Gasteiger partial charge < -0.3 is 34.7 Å². The first kappa shape index (κ1) is 24.5. The van der Waals surface area contributed by atoms with Gasteiger partial charge in [-0.25, -0.2) is 4.98 Å². The molecule has 1 aromatic carbocycles. The van der Waals surface area contributed by atoms with Crippen molar-refractivity contribution in [3.63, 3.8) is 0 Å². The lowest BCUT2D eigenvalue weighted by Crippen LogP contribution is -2.40. The van der Waals surface area contributed by atoms with E-state index in [1.165, 1.54) is 6.92 Å². The number of benzene rings is 1. The molecule has 0 spiro atoms. The van der Waals surface area contributed by atoms with Gasteiger partial charge in [-0.15, -0.1) is 0 Å². The number of ether oxygens (including phenoxy) is 2. The standard InChI is InChI=1S/C26H27N5O6/c1-15-13-20(30-37-15)26(2,34)8-5-16-3-4-19-18(14-16)24-29-21(23(27)32)22(31(24)9-12-36-19)25(33)28-17-6-10-35-11-7-17/h3-4,13-14,17,34H,6-7,9-12H2,1-2H3,(H2,27,32)(H,28,33)/t26-/m1/s1. The maximum absolute atomic E-state index is 13.3. The van der Waals surface area contributed by atoms with Crippen molar-refractivity contribution in [3.05, 3.63) is 52.7 Å². The summed E-state index contributed by atoms with van der Waals surface area (Å²) in [5.41, 5.74) is 5.51. The minimum Gasteiger partial charge on any atom is -0.491 e. The Balaban J connectivity index is 1.52. The maximum Gasteiger partial charge on any atom is 0.270 e. The molecular formula is C26H27N5O6. The van der Waals surface area contributed by atoms with Crippen LogP contribution in [0.3, 0.4) is 0 Å². The number of aromatic nitrogens is 3. The fraction of sp³-hybridized carbons (Fsp3) is 0.385. The molecule has 1 atom stereocenters. The van der Waals surface area contributed by atoms with Crippen molar-refractivity contribution in [1.82, 2.24) is 20.0 Å². The highest BCUT2D eigenvalue weighted by Crippen LogP contribution is 2.34. The number of carbonyl (C=O) groups excluding carboxylic acids is 2. The van der Waals surface area contributed by atoms with E-state index >= 15 is 0 Å². The van der Waals surface area contributed by atoms with Crippen LogP contribution in [0.4, 0.5) is 0 Å². The number of rotatable bonds is 4. The molecule has 4 heterocycles. The Morgan fingerprint density at radius 1 is 1.24 bits per heavy atom. The Morgan fingerprint density at radius 2 is 2.03 bits per heavy atom. The molecule has 1 saturated heterocycles. The summed E-state index contributed by atoms with van der Waals surface area (Å²) in [6.07, 6.45) is 1.37. The number of hydrogen-bond acceptors (Lipinski definition) is 8. The minimum absolute atomic E-state index is 0.0642. The molecule has 3 aromatic rings. The van der Waals surface area contributed by atoms with Gasteiger partial charge >= 0.3 is 0 Å². The monoisotopic (exact) mass is 505 g/mol. The van der Waals surface area contributed by atoms with Crippen molar-refractivity contribution in [3.8, 4) is 29.0 Å². The number of nitrogens with one attached hydrogen (secondary N) is 1. The Bertz CT molecular complexity index is 1420. The molecule has 5 rings (SSSR count). The fourth-order valence-corrected chi connectivity index (χ4v) is 4.38. The largest absolute Gasteiger partial charge is 0.491 e. The molecule has 0 bridgehead atoms. The normalized spacial score (nSPS) is 16.7. The number of hydrogen-bond donors (Lipinski definition) is 3. The maximum atomic E-state index is 13.3. The van der Waals surface area contributed by atoms with Crippen molar-refractivity contribution in [1.29, 1.82) is 0 Å². The van der Waals surface area contributed by atoms with Crippen LogP contribution in [-0.2, 0) is 16.9 Å². The molecule has 2 amide bonds. The number of carbonyl (C=O) groups is 2. The highest BCUT2D eigenvalue weighted by Gasteiger charge is 2.31. The summed E-state index contributed by atoms with van der Waals surface area (Å²) in [6.45, 7) is 4.93. The highest BCUT2D eigenvalue weighted by molar-refractivity contribution is 6.05. The topological polar surface area (TPSA) is 155 Å². The first-order valence-electron chi connectivity index (χ1n) is 12.0. The Morgan fingerprint density at radius 3 is 2.73 bits per heavy atom. The third-order valence-corrected chi connectivity index (χ3v) is 6.34. The number of aliphatic hydroxyl groups is 1. The summed E-state index contributed by atoms with van der Waals surface area (Å²) < 4.78 is 18.0. The molecule has 192 valence electrons. The van der Waals surface area contributed by atoms with Crippen molar-refractivity contribution in [2.45, 2.75) is 44.9 Å². The molecule has 1 fully saturated rings. The number of fused-ring (bicyclic) bond motifs is 3. The fourth-order valence-electron chi connectivity index (χ4n) is 4.38. The van der Waals surface area contributed by atoms with Crippen LogP contribution in [0.15, 0.2) is 28.8 Å². The summed E-state index contributed by atoms with van der Waals surface area (Å²) >= 11 is 0. The summed E-state index contributed by atoms with van der Waals surface area (Å²) in [5.74, 6) is 6.03. The SMILES string of the molecule is Cc1cc([C@](C)(O)C#Cc2ccc3c(c2)-c2nc(C(N)=O)c(C(=O)NC4CCOCC4)n2CCO3)no1. The molecular weight excluding hydrogens is 478 g/mol. The number of nitrogens with zero attached hydrogens (tertiary/aromatic N) is 3. The van der Waals surface area contributed by atoms with E-state index in [-0.39, 0.29) is 24.0 Å². The van der Waals surface area contributed by atoms with Crippen molar-refractivity contribution in [2.24, 2.45) is 5.73 Å². The van der Waals surface area contributed by atoms with E-state index in [1.54, 1.807) is 35.8 Å². The van der Waals surface area contributed by atoms with Gasteiger partial charge in [0.05, 0.1) is 12.1 Å². The molecule has 37 heavy (non-hydrogen) atoms. The summed E-state index contributed by atoms with van der Waals surface area (Å²) in [7, 11) is 0. The lowest BCUT2D eigenvalue weighted by molar-refractivity contribution is 0.0689. The van der Waals surface area contributed by atoms with Crippen LogP contribution in [0.5, 0.6) is 5.75 Å². The molecule has 0 aliphatic carbocycles. The van der Waals surface area contributed by atoms with E-state index in [1.807, 2.05) is 0 Å². The number of amides is 2. The molecule has 4 N–H and O–H groups in total. The van der Waals surface area contributed by atoms with E-state index in [0.29, 0.717) is 66.8 Å². The van der Waals surface area contributed by atoms with Gasteiger partial charge in [-0.3, -0.25) is 9.59 Å². The summed E-state index contributed by atoms with van der Waals surface area (Å²) in [4.78, 5) is 30.1. The van der Waals surface area contributed by atoms with E-state index < -0.39 is 17.4 Å². The van der Waals surface area contributed by atoms with E-state index in [0.717, 1.165) is 0 Å². The lowest BCUT2D eigenvalue weighted by atomic mass is 10.0. The molecule has 11 nitrogen and oxygen atoms in total. The summed E-state index contributed by atoms with van der Waals surface area (Å²) in [6, 6.07) is 6.79. The van der Waals surface area contributed by atoms with Crippen LogP contribution in [0.25, 0.3) is 11.4 Å². The smallest absolute Gasteiger partial charge is 0.270 e. The van der Waals surface area contributed by atoms with Gasteiger partial charge in [-0.05, 0) is 44.9 Å². The molecule has 11 heteroatoms. The number of primary amides is 1. The predicted octanol–water partition coefficient (Wildman–Crippen LogP) is 1.51.